The van der Waals surface area contributed by atoms with Crippen molar-refractivity contribution in [3.63, 3.8) is 0 Å². The second-order valence-corrected chi connectivity index (χ2v) is 6.50. The average Bonchev–Trinajstić information content (AvgIpc) is 2.48. The van der Waals surface area contributed by atoms with Gasteiger partial charge in [-0.2, -0.15) is 8.78 Å². The molecule has 0 unspecified atom stereocenters. The molecule has 0 fully saturated rings. The summed E-state index contributed by atoms with van der Waals surface area (Å²) in [6, 6.07) is 11.0. The lowest BCUT2D eigenvalue weighted by Crippen LogP contribution is -2.25. The minimum atomic E-state index is -3.71. The average molecular weight is 345 g/mol. The molecule has 1 N–H and O–H groups in total. The molecular weight excluding hydrogens is 331 g/mol. The lowest BCUT2D eigenvalue weighted by Gasteiger charge is -2.11. The maximum absolute atomic E-state index is 12.8. The Morgan fingerprint density at radius 2 is 1.70 bits per heavy atom. The Morgan fingerprint density at radius 1 is 1.04 bits per heavy atom. The van der Waals surface area contributed by atoms with Crippen molar-refractivity contribution in [1.29, 1.82) is 0 Å². The number of hydrogen-bond acceptors (Lipinski definition) is 3. The number of halogens is 3. The highest BCUT2D eigenvalue weighted by atomic mass is 32.2. The topological polar surface area (TPSA) is 55.4 Å². The first-order chi connectivity index (χ1) is 10.9. The first-order valence-corrected chi connectivity index (χ1v) is 8.25. The van der Waals surface area contributed by atoms with Crippen LogP contribution in [0.5, 0.6) is 5.75 Å². The highest BCUT2D eigenvalue weighted by Gasteiger charge is 2.14. The molecular formula is C15H14F3NO3S. The van der Waals surface area contributed by atoms with Crippen LogP contribution < -0.4 is 9.46 Å². The van der Waals surface area contributed by atoms with Crippen molar-refractivity contribution >= 4 is 10.0 Å². The maximum Gasteiger partial charge on any atom is 0.387 e. The van der Waals surface area contributed by atoms with Crippen LogP contribution in [0.3, 0.4) is 0 Å². The number of ether oxygens (including phenoxy) is 1. The minimum absolute atomic E-state index is 0.0908. The molecule has 4 nitrogen and oxygen atoms in total. The van der Waals surface area contributed by atoms with E-state index in [2.05, 4.69) is 9.46 Å². The van der Waals surface area contributed by atoms with Gasteiger partial charge in [-0.1, -0.05) is 30.3 Å². The van der Waals surface area contributed by atoms with E-state index in [1.807, 2.05) is 0 Å². The Balaban J connectivity index is 2.03. The zero-order valence-corrected chi connectivity index (χ0v) is 12.7. The maximum atomic E-state index is 12.8. The van der Waals surface area contributed by atoms with Crippen LogP contribution in [-0.4, -0.2) is 15.0 Å². The van der Waals surface area contributed by atoms with Crippen molar-refractivity contribution in [3.05, 3.63) is 65.5 Å². The Morgan fingerprint density at radius 3 is 2.35 bits per heavy atom. The van der Waals surface area contributed by atoms with Crippen LogP contribution in [0, 0.1) is 5.82 Å². The number of para-hydroxylation sites is 1. The molecule has 0 amide bonds. The second kappa shape index (κ2) is 7.47. The lowest BCUT2D eigenvalue weighted by molar-refractivity contribution is -0.0504. The van der Waals surface area contributed by atoms with Crippen LogP contribution >= 0.6 is 0 Å². The largest absolute Gasteiger partial charge is 0.434 e. The molecule has 23 heavy (non-hydrogen) atoms. The molecule has 0 aliphatic heterocycles. The van der Waals surface area contributed by atoms with Crippen LogP contribution in [0.15, 0.2) is 48.5 Å². The number of sulfonamides is 1. The second-order valence-electron chi connectivity index (χ2n) is 4.69. The third-order valence-electron chi connectivity index (χ3n) is 2.94. The van der Waals surface area contributed by atoms with Crippen molar-refractivity contribution in [2.45, 2.75) is 18.9 Å². The van der Waals surface area contributed by atoms with Gasteiger partial charge < -0.3 is 4.74 Å². The Labute approximate surface area is 132 Å². The summed E-state index contributed by atoms with van der Waals surface area (Å²) in [7, 11) is -3.71. The molecule has 2 rings (SSSR count). The highest BCUT2D eigenvalue weighted by molar-refractivity contribution is 7.88. The van der Waals surface area contributed by atoms with Gasteiger partial charge in [0.25, 0.3) is 0 Å². The van der Waals surface area contributed by atoms with Crippen LogP contribution in [0.25, 0.3) is 0 Å². The van der Waals surface area contributed by atoms with Crippen LogP contribution in [0.1, 0.15) is 11.1 Å². The fraction of sp³-hybridized carbons (Fsp3) is 0.200. The lowest BCUT2D eigenvalue weighted by atomic mass is 10.2. The Hall–Kier alpha value is -2.06. The van der Waals surface area contributed by atoms with Crippen LogP contribution in [-0.2, 0) is 22.3 Å². The summed E-state index contributed by atoms with van der Waals surface area (Å²) in [5, 5.41) is 0. The molecule has 0 aliphatic rings. The molecule has 0 aliphatic carbocycles. The van der Waals surface area contributed by atoms with Gasteiger partial charge in [0.2, 0.25) is 10.0 Å². The Bertz CT molecular complexity index is 749. The van der Waals surface area contributed by atoms with E-state index in [9.17, 15) is 21.6 Å². The molecule has 0 radical (unpaired) electrons. The summed E-state index contributed by atoms with van der Waals surface area (Å²) in [4.78, 5) is 0. The monoisotopic (exact) mass is 345 g/mol. The third-order valence-corrected chi connectivity index (χ3v) is 4.24. The van der Waals surface area contributed by atoms with Crippen molar-refractivity contribution in [3.8, 4) is 5.75 Å². The summed E-state index contributed by atoms with van der Waals surface area (Å²) in [6.07, 6.45) is 0. The van der Waals surface area contributed by atoms with E-state index >= 15 is 0 Å². The van der Waals surface area contributed by atoms with Crippen molar-refractivity contribution < 1.29 is 26.3 Å². The SMILES string of the molecule is O=S(=O)(Cc1ccc(F)cc1)NCc1ccccc1OC(F)F. The molecule has 8 heteroatoms. The third kappa shape index (κ3) is 5.57. The molecule has 0 atom stereocenters. The molecule has 0 saturated heterocycles. The molecule has 0 bridgehead atoms. The van der Waals surface area contributed by atoms with Gasteiger partial charge in [0.15, 0.2) is 0 Å². The predicted molar refractivity (Wildman–Crippen MR) is 78.9 cm³/mol. The quantitative estimate of drug-likeness (QED) is 0.839. The normalized spacial score (nSPS) is 11.7. The van der Waals surface area contributed by atoms with E-state index in [1.165, 1.54) is 30.3 Å². The van der Waals surface area contributed by atoms with Gasteiger partial charge in [-0.3, -0.25) is 0 Å². The van der Waals surface area contributed by atoms with Gasteiger partial charge in [-0.05, 0) is 23.8 Å². The smallest absolute Gasteiger partial charge is 0.387 e. The fourth-order valence-corrected chi connectivity index (χ4v) is 3.01. The van der Waals surface area contributed by atoms with E-state index in [0.717, 1.165) is 12.1 Å². The summed E-state index contributed by atoms with van der Waals surface area (Å²) in [5.41, 5.74) is 0.700. The summed E-state index contributed by atoms with van der Waals surface area (Å²) >= 11 is 0. The molecule has 2 aromatic carbocycles. The standard InChI is InChI=1S/C15H14F3NO3S/c16-13-7-5-11(6-8-13)10-23(20,21)19-9-12-3-1-2-4-14(12)22-15(17)18/h1-8,15,19H,9-10H2. The summed E-state index contributed by atoms with van der Waals surface area (Å²) in [6.45, 7) is -3.18. The minimum Gasteiger partial charge on any atom is -0.434 e. The zero-order valence-electron chi connectivity index (χ0n) is 11.9. The summed E-state index contributed by atoms with van der Waals surface area (Å²) in [5.74, 6) is -0.894. The molecule has 0 saturated carbocycles. The number of rotatable bonds is 7. The first kappa shape index (κ1) is 17.3. The van der Waals surface area contributed by atoms with E-state index in [1.54, 1.807) is 6.07 Å². The summed E-state index contributed by atoms with van der Waals surface area (Å²) < 4.78 is 68.0. The van der Waals surface area contributed by atoms with Gasteiger partial charge in [0.1, 0.15) is 11.6 Å². The van der Waals surface area contributed by atoms with E-state index in [-0.39, 0.29) is 23.6 Å². The number of alkyl halides is 2. The number of benzene rings is 2. The van der Waals surface area contributed by atoms with E-state index < -0.39 is 22.5 Å². The molecule has 0 spiro atoms. The molecule has 2 aromatic rings. The predicted octanol–water partition coefficient (Wildman–Crippen LogP) is 3.05. The van der Waals surface area contributed by atoms with Gasteiger partial charge in [-0.15, -0.1) is 0 Å². The van der Waals surface area contributed by atoms with Crippen LogP contribution in [0.4, 0.5) is 13.2 Å². The zero-order chi connectivity index (χ0) is 16.9. The fourth-order valence-electron chi connectivity index (χ4n) is 1.90. The number of nitrogens with one attached hydrogen (secondary N) is 1. The molecule has 0 heterocycles. The van der Waals surface area contributed by atoms with Gasteiger partial charge in [0.05, 0.1) is 5.75 Å². The van der Waals surface area contributed by atoms with Gasteiger partial charge >= 0.3 is 6.61 Å². The Kier molecular flexibility index (Phi) is 5.62. The van der Waals surface area contributed by atoms with Gasteiger partial charge in [0, 0.05) is 12.1 Å². The van der Waals surface area contributed by atoms with Crippen molar-refractivity contribution in [1.82, 2.24) is 4.72 Å². The van der Waals surface area contributed by atoms with Crippen molar-refractivity contribution in [2.24, 2.45) is 0 Å². The van der Waals surface area contributed by atoms with Crippen molar-refractivity contribution in [2.75, 3.05) is 0 Å². The van der Waals surface area contributed by atoms with E-state index in [4.69, 9.17) is 0 Å². The molecule has 0 aromatic heterocycles. The first-order valence-electron chi connectivity index (χ1n) is 6.60. The number of hydrogen-bond donors (Lipinski definition) is 1. The van der Waals surface area contributed by atoms with Crippen LogP contribution in [0.2, 0.25) is 0 Å². The molecule has 124 valence electrons. The van der Waals surface area contributed by atoms with E-state index in [0.29, 0.717) is 5.56 Å². The van der Waals surface area contributed by atoms with Gasteiger partial charge in [-0.25, -0.2) is 17.5 Å². The highest BCUT2D eigenvalue weighted by Crippen LogP contribution is 2.20.